The van der Waals surface area contributed by atoms with Crippen LogP contribution in [0.5, 0.6) is 0 Å². The molecule has 1 aliphatic heterocycles. The number of piperidine rings is 1. The molecule has 1 fully saturated rings. The van der Waals surface area contributed by atoms with E-state index in [9.17, 15) is 0 Å². The molecule has 1 saturated heterocycles. The highest BCUT2D eigenvalue weighted by Crippen LogP contribution is 2.29. The molecule has 0 aromatic carbocycles. The second kappa shape index (κ2) is 4.84. The molecule has 0 bridgehead atoms. The van der Waals surface area contributed by atoms with E-state index in [-0.39, 0.29) is 0 Å². The van der Waals surface area contributed by atoms with E-state index in [1.807, 2.05) is 0 Å². The second-order valence-corrected chi connectivity index (χ2v) is 5.92. The molecule has 1 aliphatic rings. The van der Waals surface area contributed by atoms with Gasteiger partial charge < -0.3 is 5.32 Å². The van der Waals surface area contributed by atoms with E-state index in [2.05, 4.69) is 51.8 Å². The zero-order valence-corrected chi connectivity index (χ0v) is 11.3. The van der Waals surface area contributed by atoms with Gasteiger partial charge in [0, 0.05) is 24.2 Å². The summed E-state index contributed by atoms with van der Waals surface area (Å²) < 4.78 is 0. The standard InChI is InChI=1S/C13H28N2/c1-7-14-12-8-9-15(13(4,5)6)11(3)10(12)2/h10-12,14H,7-9H2,1-6H3. The third-order valence-electron chi connectivity index (χ3n) is 3.90. The Balaban J connectivity index is 2.64. The average Bonchev–Trinajstić information content (AvgIpc) is 2.11. The van der Waals surface area contributed by atoms with E-state index < -0.39 is 0 Å². The summed E-state index contributed by atoms with van der Waals surface area (Å²) in [5.41, 5.74) is 0.310. The van der Waals surface area contributed by atoms with Gasteiger partial charge in [0.1, 0.15) is 0 Å². The Hall–Kier alpha value is -0.0800. The lowest BCUT2D eigenvalue weighted by molar-refractivity contribution is 0.0142. The normalized spacial score (nSPS) is 34.4. The van der Waals surface area contributed by atoms with Gasteiger partial charge in [0.25, 0.3) is 0 Å². The smallest absolute Gasteiger partial charge is 0.0128 e. The average molecular weight is 212 g/mol. The fourth-order valence-electron chi connectivity index (χ4n) is 2.86. The van der Waals surface area contributed by atoms with Crippen LogP contribution >= 0.6 is 0 Å². The van der Waals surface area contributed by atoms with Gasteiger partial charge in [-0.25, -0.2) is 0 Å². The molecule has 3 atom stereocenters. The lowest BCUT2D eigenvalue weighted by atomic mass is 9.84. The highest BCUT2D eigenvalue weighted by Gasteiger charge is 2.36. The van der Waals surface area contributed by atoms with Gasteiger partial charge >= 0.3 is 0 Å². The molecule has 0 aromatic heterocycles. The Bertz CT molecular complexity index is 195. The molecule has 1 N–H and O–H groups in total. The largest absolute Gasteiger partial charge is 0.314 e. The van der Waals surface area contributed by atoms with Crippen LogP contribution in [0.3, 0.4) is 0 Å². The van der Waals surface area contributed by atoms with Gasteiger partial charge in [0.2, 0.25) is 0 Å². The van der Waals surface area contributed by atoms with E-state index in [1.54, 1.807) is 0 Å². The molecule has 1 rings (SSSR count). The molecule has 0 spiro atoms. The Morgan fingerprint density at radius 2 is 1.87 bits per heavy atom. The molecule has 15 heavy (non-hydrogen) atoms. The Morgan fingerprint density at radius 3 is 2.33 bits per heavy atom. The SMILES string of the molecule is CCNC1CCN(C(C)(C)C)C(C)C1C. The molecule has 0 saturated carbocycles. The molecule has 2 nitrogen and oxygen atoms in total. The van der Waals surface area contributed by atoms with Crippen molar-refractivity contribution >= 4 is 0 Å². The van der Waals surface area contributed by atoms with Gasteiger partial charge in [0.05, 0.1) is 0 Å². The van der Waals surface area contributed by atoms with Crippen molar-refractivity contribution < 1.29 is 0 Å². The van der Waals surface area contributed by atoms with Crippen LogP contribution in [0.25, 0.3) is 0 Å². The third kappa shape index (κ3) is 2.94. The first kappa shape index (κ1) is 13.0. The maximum absolute atomic E-state index is 3.61. The minimum atomic E-state index is 0.310. The summed E-state index contributed by atoms with van der Waals surface area (Å²) in [4.78, 5) is 2.64. The maximum atomic E-state index is 3.61. The predicted molar refractivity (Wildman–Crippen MR) is 67.2 cm³/mol. The van der Waals surface area contributed by atoms with Crippen LogP contribution in [-0.2, 0) is 0 Å². The van der Waals surface area contributed by atoms with Crippen LogP contribution in [0.15, 0.2) is 0 Å². The van der Waals surface area contributed by atoms with Crippen molar-refractivity contribution in [1.82, 2.24) is 10.2 Å². The predicted octanol–water partition coefficient (Wildman–Crippen LogP) is 2.49. The van der Waals surface area contributed by atoms with Gasteiger partial charge in [-0.05, 0) is 46.6 Å². The molecule has 0 amide bonds. The molecule has 90 valence electrons. The fourth-order valence-corrected chi connectivity index (χ4v) is 2.86. The first-order valence-electron chi connectivity index (χ1n) is 6.38. The molecule has 0 radical (unpaired) electrons. The lowest BCUT2D eigenvalue weighted by Gasteiger charge is -2.49. The number of nitrogens with zero attached hydrogens (tertiary/aromatic N) is 1. The fraction of sp³-hybridized carbons (Fsp3) is 1.00. The summed E-state index contributed by atoms with van der Waals surface area (Å²) in [6.07, 6.45) is 1.29. The van der Waals surface area contributed by atoms with E-state index >= 15 is 0 Å². The van der Waals surface area contributed by atoms with Crippen molar-refractivity contribution in [3.8, 4) is 0 Å². The Labute approximate surface area is 95.4 Å². The van der Waals surface area contributed by atoms with E-state index in [4.69, 9.17) is 0 Å². The molecule has 0 aromatic rings. The van der Waals surface area contributed by atoms with Crippen molar-refractivity contribution in [2.75, 3.05) is 13.1 Å². The quantitative estimate of drug-likeness (QED) is 0.756. The van der Waals surface area contributed by atoms with Crippen LogP contribution in [0, 0.1) is 5.92 Å². The number of hydrogen-bond donors (Lipinski definition) is 1. The van der Waals surface area contributed by atoms with Crippen molar-refractivity contribution in [1.29, 1.82) is 0 Å². The summed E-state index contributed by atoms with van der Waals surface area (Å²) >= 11 is 0. The highest BCUT2D eigenvalue weighted by molar-refractivity contribution is 4.93. The zero-order chi connectivity index (χ0) is 11.6. The Morgan fingerprint density at radius 1 is 1.27 bits per heavy atom. The Kier molecular flexibility index (Phi) is 4.19. The lowest BCUT2D eigenvalue weighted by Crippen LogP contribution is -2.58. The number of likely N-dealkylation sites (tertiary alicyclic amines) is 1. The van der Waals surface area contributed by atoms with Crippen LogP contribution in [0.1, 0.15) is 48.0 Å². The maximum Gasteiger partial charge on any atom is 0.0128 e. The number of hydrogen-bond acceptors (Lipinski definition) is 2. The minimum absolute atomic E-state index is 0.310. The van der Waals surface area contributed by atoms with Crippen molar-refractivity contribution in [2.45, 2.75) is 65.6 Å². The van der Waals surface area contributed by atoms with Gasteiger partial charge in [-0.3, -0.25) is 4.90 Å². The van der Waals surface area contributed by atoms with E-state index in [1.165, 1.54) is 13.0 Å². The van der Waals surface area contributed by atoms with Crippen LogP contribution < -0.4 is 5.32 Å². The summed E-state index contributed by atoms with van der Waals surface area (Å²) in [5.74, 6) is 0.748. The van der Waals surface area contributed by atoms with E-state index in [0.717, 1.165) is 12.5 Å². The molecule has 2 heteroatoms. The second-order valence-electron chi connectivity index (χ2n) is 5.92. The summed E-state index contributed by atoms with van der Waals surface area (Å²) in [5, 5.41) is 3.61. The first-order chi connectivity index (χ1) is 6.88. The summed E-state index contributed by atoms with van der Waals surface area (Å²) in [6.45, 7) is 16.3. The molecular formula is C13H28N2. The summed E-state index contributed by atoms with van der Waals surface area (Å²) in [7, 11) is 0. The van der Waals surface area contributed by atoms with Crippen LogP contribution in [0.2, 0.25) is 0 Å². The zero-order valence-electron chi connectivity index (χ0n) is 11.3. The molecule has 0 aliphatic carbocycles. The number of rotatable bonds is 2. The van der Waals surface area contributed by atoms with Crippen LogP contribution in [0.4, 0.5) is 0 Å². The van der Waals surface area contributed by atoms with Crippen molar-refractivity contribution in [3.63, 3.8) is 0 Å². The van der Waals surface area contributed by atoms with Gasteiger partial charge in [-0.2, -0.15) is 0 Å². The molecule has 3 unspecified atom stereocenters. The molecular weight excluding hydrogens is 184 g/mol. The van der Waals surface area contributed by atoms with Gasteiger partial charge in [0.15, 0.2) is 0 Å². The minimum Gasteiger partial charge on any atom is -0.314 e. The van der Waals surface area contributed by atoms with E-state index in [0.29, 0.717) is 17.6 Å². The van der Waals surface area contributed by atoms with Gasteiger partial charge in [-0.1, -0.05) is 13.8 Å². The van der Waals surface area contributed by atoms with Crippen LogP contribution in [-0.4, -0.2) is 35.6 Å². The topological polar surface area (TPSA) is 15.3 Å². The third-order valence-corrected chi connectivity index (χ3v) is 3.90. The highest BCUT2D eigenvalue weighted by atomic mass is 15.2. The monoisotopic (exact) mass is 212 g/mol. The van der Waals surface area contributed by atoms with Crippen molar-refractivity contribution in [2.24, 2.45) is 5.92 Å². The molecule has 1 heterocycles. The number of nitrogens with one attached hydrogen (secondary N) is 1. The van der Waals surface area contributed by atoms with Gasteiger partial charge in [-0.15, -0.1) is 0 Å². The van der Waals surface area contributed by atoms with Crippen molar-refractivity contribution in [3.05, 3.63) is 0 Å². The first-order valence-corrected chi connectivity index (χ1v) is 6.38. The summed E-state index contributed by atoms with van der Waals surface area (Å²) in [6, 6.07) is 1.39.